The molecular formula is C20H17ClN5Na. The van der Waals surface area contributed by atoms with E-state index in [2.05, 4.69) is 45.9 Å². The third-order valence-corrected chi connectivity index (χ3v) is 4.97. The van der Waals surface area contributed by atoms with E-state index in [1.165, 1.54) is 0 Å². The molecule has 2 atom stereocenters. The molecule has 1 aliphatic carbocycles. The summed E-state index contributed by atoms with van der Waals surface area (Å²) < 4.78 is 0. The second-order valence-corrected chi connectivity index (χ2v) is 6.97. The predicted octanol–water partition coefficient (Wildman–Crippen LogP) is 1.23. The molecule has 1 aliphatic rings. The molecule has 27 heavy (non-hydrogen) atoms. The molecule has 0 amide bonds. The monoisotopic (exact) mass is 385 g/mol. The van der Waals surface area contributed by atoms with Crippen molar-refractivity contribution in [1.82, 2.24) is 20.3 Å². The fourth-order valence-electron chi connectivity index (χ4n) is 3.06. The average molecular weight is 386 g/mol. The smallest absolute Gasteiger partial charge is 0.383 e. The van der Waals surface area contributed by atoms with Gasteiger partial charge in [-0.1, -0.05) is 30.1 Å². The van der Waals surface area contributed by atoms with Gasteiger partial charge in [-0.25, -0.2) is 6.92 Å². The van der Waals surface area contributed by atoms with Gasteiger partial charge in [-0.05, 0) is 24.6 Å². The van der Waals surface area contributed by atoms with Crippen molar-refractivity contribution in [2.75, 3.05) is 0 Å². The predicted molar refractivity (Wildman–Crippen MR) is 102 cm³/mol. The van der Waals surface area contributed by atoms with Gasteiger partial charge in [0.15, 0.2) is 0 Å². The second kappa shape index (κ2) is 7.95. The number of benzene rings is 1. The Labute approximate surface area is 185 Å². The molecule has 1 aromatic carbocycles. The SMILES string of the molecule is C=C(NCc1cc2cc(Cl)c(-c3cnc([CH2-])cn3)cc2[nH]1)C1CC1C#N.[Na+]. The third kappa shape index (κ3) is 4.15. The van der Waals surface area contributed by atoms with E-state index in [0.717, 1.165) is 34.3 Å². The molecule has 2 N–H and O–H groups in total. The van der Waals surface area contributed by atoms with Gasteiger partial charge in [-0.2, -0.15) is 5.26 Å². The van der Waals surface area contributed by atoms with Crippen LogP contribution in [0.4, 0.5) is 0 Å². The van der Waals surface area contributed by atoms with Crippen LogP contribution in [0.3, 0.4) is 0 Å². The molecule has 2 heterocycles. The van der Waals surface area contributed by atoms with Crippen LogP contribution in [0.1, 0.15) is 17.8 Å². The average Bonchev–Trinajstić information content (AvgIpc) is 3.33. The van der Waals surface area contributed by atoms with E-state index in [4.69, 9.17) is 16.9 Å². The van der Waals surface area contributed by atoms with E-state index in [9.17, 15) is 0 Å². The summed E-state index contributed by atoms with van der Waals surface area (Å²) in [7, 11) is 0. The van der Waals surface area contributed by atoms with Crippen LogP contribution in [0.25, 0.3) is 22.2 Å². The largest absolute Gasteiger partial charge is 1.00 e. The Hall–Kier alpha value is -1.97. The molecule has 2 aromatic heterocycles. The van der Waals surface area contributed by atoms with Crippen LogP contribution in [0.2, 0.25) is 5.02 Å². The van der Waals surface area contributed by atoms with Crippen molar-refractivity contribution in [3.05, 3.63) is 66.2 Å². The van der Waals surface area contributed by atoms with Crippen molar-refractivity contribution >= 4 is 22.5 Å². The quantitative estimate of drug-likeness (QED) is 0.511. The number of rotatable bonds is 5. The molecule has 2 unspecified atom stereocenters. The van der Waals surface area contributed by atoms with Gasteiger partial charge in [0.05, 0.1) is 29.2 Å². The maximum Gasteiger partial charge on any atom is 1.00 e. The fraction of sp³-hybridized carbons (Fsp3) is 0.200. The first-order valence-corrected chi connectivity index (χ1v) is 8.70. The molecule has 5 nitrogen and oxygen atoms in total. The Kier molecular flexibility index (Phi) is 5.83. The van der Waals surface area contributed by atoms with E-state index in [-0.39, 0.29) is 41.4 Å². The van der Waals surface area contributed by atoms with Gasteiger partial charge in [0.2, 0.25) is 0 Å². The molecule has 1 saturated carbocycles. The number of aromatic amines is 1. The Morgan fingerprint density at radius 2 is 2.19 bits per heavy atom. The van der Waals surface area contributed by atoms with Gasteiger partial charge in [0, 0.05) is 40.0 Å². The van der Waals surface area contributed by atoms with Crippen LogP contribution in [0.15, 0.2) is 42.9 Å². The van der Waals surface area contributed by atoms with Crippen LogP contribution >= 0.6 is 11.6 Å². The van der Waals surface area contributed by atoms with Crippen molar-refractivity contribution in [2.24, 2.45) is 11.8 Å². The van der Waals surface area contributed by atoms with E-state index >= 15 is 0 Å². The van der Waals surface area contributed by atoms with Gasteiger partial charge in [0.25, 0.3) is 0 Å². The number of hydrogen-bond acceptors (Lipinski definition) is 4. The Morgan fingerprint density at radius 3 is 2.85 bits per heavy atom. The zero-order chi connectivity index (χ0) is 18.3. The van der Waals surface area contributed by atoms with E-state index in [1.807, 2.05) is 12.1 Å². The number of halogens is 1. The first kappa shape index (κ1) is 19.8. The fourth-order valence-corrected chi connectivity index (χ4v) is 3.33. The van der Waals surface area contributed by atoms with Crippen LogP contribution in [-0.2, 0) is 6.54 Å². The second-order valence-electron chi connectivity index (χ2n) is 6.56. The van der Waals surface area contributed by atoms with Crippen LogP contribution in [0, 0.1) is 30.1 Å². The Balaban J connectivity index is 0.00000210. The standard InChI is InChI=1S/C20H17ClN5.Na/c1-11-8-25-20(10-23-11)17-6-19-13(5-18(17)21)3-15(26-19)9-24-12(2)16-4-14(16)7-22;/h3,5-6,8,10,14,16,24,26H,1-2,4,9H2;/q-1;+1. The number of allylic oxidation sites excluding steroid dienone is 1. The number of fused-ring (bicyclic) bond motifs is 1. The van der Waals surface area contributed by atoms with Crippen molar-refractivity contribution in [2.45, 2.75) is 13.0 Å². The summed E-state index contributed by atoms with van der Waals surface area (Å²) in [6.45, 7) is 8.42. The minimum Gasteiger partial charge on any atom is -0.383 e. The molecule has 3 aromatic rings. The van der Waals surface area contributed by atoms with Gasteiger partial charge in [-0.3, -0.25) is 4.98 Å². The number of hydrogen-bond donors (Lipinski definition) is 2. The molecule has 7 heteroatoms. The van der Waals surface area contributed by atoms with E-state index < -0.39 is 0 Å². The van der Waals surface area contributed by atoms with Crippen molar-refractivity contribution < 1.29 is 29.6 Å². The number of aromatic nitrogens is 3. The maximum atomic E-state index is 8.92. The summed E-state index contributed by atoms with van der Waals surface area (Å²) in [5.74, 6) is 0.393. The van der Waals surface area contributed by atoms with Gasteiger partial charge in [0.1, 0.15) is 0 Å². The number of nitriles is 1. The Bertz CT molecular complexity index is 1030. The van der Waals surface area contributed by atoms with Gasteiger partial charge in [-0.15, -0.1) is 0 Å². The number of H-pyrrole nitrogens is 1. The van der Waals surface area contributed by atoms with Crippen LogP contribution in [0.5, 0.6) is 0 Å². The summed E-state index contributed by atoms with van der Waals surface area (Å²) in [6, 6.07) is 8.25. The molecule has 0 radical (unpaired) electrons. The van der Waals surface area contributed by atoms with Gasteiger partial charge >= 0.3 is 29.6 Å². The molecule has 130 valence electrons. The zero-order valence-corrected chi connectivity index (χ0v) is 17.8. The summed E-state index contributed by atoms with van der Waals surface area (Å²) in [4.78, 5) is 11.9. The van der Waals surface area contributed by atoms with E-state index in [1.54, 1.807) is 12.4 Å². The molecule has 0 bridgehead atoms. The molecule has 0 spiro atoms. The Morgan fingerprint density at radius 1 is 1.37 bits per heavy atom. The normalized spacial score (nSPS) is 17.8. The summed E-state index contributed by atoms with van der Waals surface area (Å²) in [6.07, 6.45) is 4.20. The first-order chi connectivity index (χ1) is 12.5. The number of nitrogens with one attached hydrogen (secondary N) is 2. The van der Waals surface area contributed by atoms with Crippen molar-refractivity contribution in [3.63, 3.8) is 0 Å². The molecular weight excluding hydrogens is 369 g/mol. The van der Waals surface area contributed by atoms with Crippen molar-refractivity contribution in [3.8, 4) is 17.3 Å². The van der Waals surface area contributed by atoms with Gasteiger partial charge < -0.3 is 15.3 Å². The maximum absolute atomic E-state index is 8.92. The zero-order valence-electron chi connectivity index (χ0n) is 15.1. The third-order valence-electron chi connectivity index (χ3n) is 4.66. The van der Waals surface area contributed by atoms with Crippen LogP contribution in [-0.4, -0.2) is 15.0 Å². The molecule has 0 aliphatic heterocycles. The van der Waals surface area contributed by atoms with E-state index in [0.29, 0.717) is 23.0 Å². The summed E-state index contributed by atoms with van der Waals surface area (Å²) in [5, 5.41) is 13.9. The van der Waals surface area contributed by atoms with Crippen LogP contribution < -0.4 is 34.9 Å². The minimum atomic E-state index is 0. The topological polar surface area (TPSA) is 77.4 Å². The minimum absolute atomic E-state index is 0. The number of nitrogens with zero attached hydrogens (tertiary/aromatic N) is 3. The first-order valence-electron chi connectivity index (χ1n) is 8.33. The summed E-state index contributed by atoms with van der Waals surface area (Å²) >= 11 is 6.44. The van der Waals surface area contributed by atoms with Crippen molar-refractivity contribution in [1.29, 1.82) is 5.26 Å². The summed E-state index contributed by atoms with van der Waals surface area (Å²) in [5.41, 5.74) is 5.10. The molecule has 4 rings (SSSR count). The molecule has 0 saturated heterocycles. The molecule has 1 fully saturated rings.